The van der Waals surface area contributed by atoms with Crippen molar-refractivity contribution in [3.8, 4) is 0 Å². The second kappa shape index (κ2) is 5.97. The van der Waals surface area contributed by atoms with Crippen molar-refractivity contribution in [2.45, 2.75) is 52.5 Å². The Hall–Kier alpha value is -0.690. The minimum Gasteiger partial charge on any atom is -0.381 e. The molecule has 2 atom stereocenters. The van der Waals surface area contributed by atoms with E-state index in [1.807, 2.05) is 0 Å². The lowest BCUT2D eigenvalue weighted by Gasteiger charge is -2.35. The van der Waals surface area contributed by atoms with Gasteiger partial charge >= 0.3 is 0 Å². The van der Waals surface area contributed by atoms with Crippen molar-refractivity contribution in [3.05, 3.63) is 28.8 Å². The maximum Gasteiger partial charge on any atom is 0.0666 e. The van der Waals surface area contributed by atoms with Crippen LogP contribution in [0, 0.1) is 18.8 Å². The first-order chi connectivity index (χ1) is 8.59. The molecule has 0 spiro atoms. The zero-order valence-corrected chi connectivity index (χ0v) is 12.4. The topological polar surface area (TPSA) is 12.0 Å². The van der Waals surface area contributed by atoms with E-state index in [0.29, 0.717) is 6.04 Å². The van der Waals surface area contributed by atoms with E-state index in [9.17, 15) is 0 Å². The molecular formula is C16H24ClN. The number of benzene rings is 1. The molecule has 0 radical (unpaired) electrons. The fourth-order valence-electron chi connectivity index (χ4n) is 3.10. The highest BCUT2D eigenvalue weighted by Gasteiger charge is 2.27. The van der Waals surface area contributed by atoms with Crippen LogP contribution >= 0.6 is 11.6 Å². The summed E-state index contributed by atoms with van der Waals surface area (Å²) in [5, 5.41) is 4.57. The van der Waals surface area contributed by atoms with E-state index in [-0.39, 0.29) is 0 Å². The number of aryl methyl sites for hydroxylation is 1. The summed E-state index contributed by atoms with van der Waals surface area (Å²) in [6, 6.07) is 6.82. The number of halogens is 1. The molecule has 0 saturated heterocycles. The van der Waals surface area contributed by atoms with Gasteiger partial charge < -0.3 is 5.32 Å². The maximum absolute atomic E-state index is 6.38. The molecule has 18 heavy (non-hydrogen) atoms. The molecule has 1 aliphatic rings. The van der Waals surface area contributed by atoms with Crippen LogP contribution < -0.4 is 5.32 Å². The zero-order valence-electron chi connectivity index (χ0n) is 11.7. The van der Waals surface area contributed by atoms with Crippen LogP contribution in [-0.2, 0) is 0 Å². The van der Waals surface area contributed by atoms with Crippen molar-refractivity contribution in [1.29, 1.82) is 0 Å². The van der Waals surface area contributed by atoms with Gasteiger partial charge in [0, 0.05) is 6.04 Å². The van der Waals surface area contributed by atoms with Crippen molar-refractivity contribution in [3.63, 3.8) is 0 Å². The van der Waals surface area contributed by atoms with Crippen molar-refractivity contribution in [1.82, 2.24) is 0 Å². The average molecular weight is 266 g/mol. The predicted molar refractivity (Wildman–Crippen MR) is 80.4 cm³/mol. The average Bonchev–Trinajstić information content (AvgIpc) is 2.35. The molecule has 0 amide bonds. The fraction of sp³-hybridized carbons (Fsp3) is 0.625. The third-order valence-electron chi connectivity index (χ3n) is 4.21. The van der Waals surface area contributed by atoms with Gasteiger partial charge in [0.05, 0.1) is 10.7 Å². The Morgan fingerprint density at radius 3 is 2.67 bits per heavy atom. The normalized spacial score (nSPS) is 24.3. The Bertz CT molecular complexity index is 400. The fourth-order valence-corrected chi connectivity index (χ4v) is 3.28. The Morgan fingerprint density at radius 1 is 1.22 bits per heavy atom. The van der Waals surface area contributed by atoms with E-state index in [1.54, 1.807) is 0 Å². The Morgan fingerprint density at radius 2 is 1.94 bits per heavy atom. The summed E-state index contributed by atoms with van der Waals surface area (Å²) in [5.41, 5.74) is 2.26. The minimum atomic E-state index is 0.582. The predicted octanol–water partition coefficient (Wildman–Crippen LogP) is 5.28. The third kappa shape index (κ3) is 3.00. The van der Waals surface area contributed by atoms with Gasteiger partial charge in [0.2, 0.25) is 0 Å². The smallest absolute Gasteiger partial charge is 0.0666 e. The summed E-state index contributed by atoms with van der Waals surface area (Å²) < 4.78 is 0. The van der Waals surface area contributed by atoms with Crippen molar-refractivity contribution >= 4 is 17.3 Å². The molecule has 1 saturated carbocycles. The molecule has 1 nitrogen and oxygen atoms in total. The molecule has 0 bridgehead atoms. The van der Waals surface area contributed by atoms with Gasteiger partial charge in [0.25, 0.3) is 0 Å². The summed E-state index contributed by atoms with van der Waals surface area (Å²) in [7, 11) is 0. The van der Waals surface area contributed by atoms with Crippen LogP contribution in [-0.4, -0.2) is 6.04 Å². The van der Waals surface area contributed by atoms with E-state index in [4.69, 9.17) is 11.6 Å². The van der Waals surface area contributed by atoms with Gasteiger partial charge in [-0.15, -0.1) is 0 Å². The highest BCUT2D eigenvalue weighted by atomic mass is 35.5. The number of anilines is 1. The molecule has 0 heterocycles. The highest BCUT2D eigenvalue weighted by Crippen LogP contribution is 2.34. The van der Waals surface area contributed by atoms with Crippen molar-refractivity contribution in [2.75, 3.05) is 5.32 Å². The summed E-state index contributed by atoms with van der Waals surface area (Å²) in [4.78, 5) is 0. The lowest BCUT2D eigenvalue weighted by atomic mass is 9.78. The number of hydrogen-bond donors (Lipinski definition) is 1. The lowest BCUT2D eigenvalue weighted by molar-refractivity contribution is 0.254. The van der Waals surface area contributed by atoms with Crippen LogP contribution in [0.4, 0.5) is 5.69 Å². The second-order valence-corrected chi connectivity index (χ2v) is 6.26. The van der Waals surface area contributed by atoms with Crippen LogP contribution in [0.25, 0.3) is 0 Å². The number of rotatable bonds is 3. The van der Waals surface area contributed by atoms with Gasteiger partial charge in [-0.25, -0.2) is 0 Å². The van der Waals surface area contributed by atoms with Crippen molar-refractivity contribution in [2.24, 2.45) is 11.8 Å². The monoisotopic (exact) mass is 265 g/mol. The minimum absolute atomic E-state index is 0.582. The molecular weight excluding hydrogens is 242 g/mol. The molecule has 0 aliphatic heterocycles. The summed E-state index contributed by atoms with van der Waals surface area (Å²) in [6.45, 7) is 6.74. The second-order valence-electron chi connectivity index (χ2n) is 5.88. The van der Waals surface area contributed by atoms with Crippen LogP contribution in [0.2, 0.25) is 5.02 Å². The molecule has 1 aromatic carbocycles. The van der Waals surface area contributed by atoms with E-state index in [1.165, 1.54) is 25.7 Å². The van der Waals surface area contributed by atoms with Crippen LogP contribution in [0.1, 0.15) is 45.1 Å². The van der Waals surface area contributed by atoms with Gasteiger partial charge in [-0.05, 0) is 43.2 Å². The van der Waals surface area contributed by atoms with E-state index in [2.05, 4.69) is 44.3 Å². The molecule has 1 N–H and O–H groups in total. The summed E-state index contributed by atoms with van der Waals surface area (Å²) >= 11 is 6.38. The SMILES string of the molecule is Cc1cccc(NC2CCCCC2C(C)C)c1Cl. The van der Waals surface area contributed by atoms with Crippen molar-refractivity contribution < 1.29 is 0 Å². The number of nitrogens with one attached hydrogen (secondary N) is 1. The lowest BCUT2D eigenvalue weighted by Crippen LogP contribution is -2.35. The molecule has 100 valence electrons. The van der Waals surface area contributed by atoms with Crippen LogP contribution in [0.3, 0.4) is 0 Å². The molecule has 2 heteroatoms. The van der Waals surface area contributed by atoms with Gasteiger partial charge in [-0.1, -0.05) is 50.4 Å². The summed E-state index contributed by atoms with van der Waals surface area (Å²) in [5.74, 6) is 1.52. The first-order valence-corrected chi connectivity index (χ1v) is 7.49. The Labute approximate surface area is 116 Å². The quantitative estimate of drug-likeness (QED) is 0.785. The van der Waals surface area contributed by atoms with Gasteiger partial charge in [0.1, 0.15) is 0 Å². The first-order valence-electron chi connectivity index (χ1n) is 7.11. The first kappa shape index (κ1) is 13.7. The van der Waals surface area contributed by atoms with Crippen LogP contribution in [0.15, 0.2) is 18.2 Å². The maximum atomic E-state index is 6.38. The van der Waals surface area contributed by atoms with Crippen LogP contribution in [0.5, 0.6) is 0 Å². The largest absolute Gasteiger partial charge is 0.381 e. The van der Waals surface area contributed by atoms with Gasteiger partial charge in [-0.2, -0.15) is 0 Å². The molecule has 1 aromatic rings. The number of hydrogen-bond acceptors (Lipinski definition) is 1. The molecule has 2 rings (SSSR count). The van der Waals surface area contributed by atoms with Gasteiger partial charge in [-0.3, -0.25) is 0 Å². The van der Waals surface area contributed by atoms with E-state index >= 15 is 0 Å². The molecule has 1 aliphatic carbocycles. The standard InChI is InChI=1S/C16H24ClN/c1-11(2)13-8-4-5-9-14(13)18-15-10-6-7-12(3)16(15)17/h6-7,10-11,13-14,18H,4-5,8-9H2,1-3H3. The Kier molecular flexibility index (Phi) is 4.55. The van der Waals surface area contributed by atoms with E-state index in [0.717, 1.165) is 28.1 Å². The highest BCUT2D eigenvalue weighted by molar-refractivity contribution is 6.34. The summed E-state index contributed by atoms with van der Waals surface area (Å²) in [6.07, 6.45) is 5.33. The van der Waals surface area contributed by atoms with E-state index < -0.39 is 0 Å². The molecule has 2 unspecified atom stereocenters. The molecule has 1 fully saturated rings. The third-order valence-corrected chi connectivity index (χ3v) is 4.71. The van der Waals surface area contributed by atoms with Gasteiger partial charge in [0.15, 0.2) is 0 Å². The molecule has 0 aromatic heterocycles. The Balaban J connectivity index is 2.13. The zero-order chi connectivity index (χ0) is 13.1.